The van der Waals surface area contributed by atoms with E-state index in [0.29, 0.717) is 6.04 Å². The summed E-state index contributed by atoms with van der Waals surface area (Å²) in [5, 5.41) is 4.33. The predicted octanol–water partition coefficient (Wildman–Crippen LogP) is 3.23. The van der Waals surface area contributed by atoms with Gasteiger partial charge in [0.15, 0.2) is 0 Å². The number of hydrogen-bond acceptors (Lipinski definition) is 2. The van der Waals surface area contributed by atoms with Gasteiger partial charge in [-0.25, -0.2) is 0 Å². The van der Waals surface area contributed by atoms with Crippen LogP contribution in [0, 0.1) is 6.92 Å². The third kappa shape index (κ3) is 2.29. The molecule has 0 saturated carbocycles. The Hall–Kier alpha value is -0.730. The molecule has 0 amide bonds. The fraction of sp³-hybridized carbons (Fsp3) is 0.571. The molecule has 2 nitrogen and oxygen atoms in total. The molecular weight excluding hydrogens is 232 g/mol. The van der Waals surface area contributed by atoms with Gasteiger partial charge < -0.3 is 10.2 Å². The topological polar surface area (TPSA) is 15.3 Å². The van der Waals surface area contributed by atoms with Crippen molar-refractivity contribution in [2.75, 3.05) is 18.0 Å². The summed E-state index contributed by atoms with van der Waals surface area (Å²) in [6, 6.07) is 6.65. The Morgan fingerprint density at radius 2 is 2.12 bits per heavy atom. The predicted molar refractivity (Wildman–Crippen MR) is 75.1 cm³/mol. The maximum atomic E-state index is 6.23. The van der Waals surface area contributed by atoms with Gasteiger partial charge in [-0.3, -0.25) is 0 Å². The second kappa shape index (κ2) is 4.51. The molecular formula is C14H21ClN2. The van der Waals surface area contributed by atoms with Crippen molar-refractivity contribution in [3.8, 4) is 0 Å². The Labute approximate surface area is 109 Å². The average molecular weight is 253 g/mol. The summed E-state index contributed by atoms with van der Waals surface area (Å²) in [6.45, 7) is 10.9. The van der Waals surface area contributed by atoms with Gasteiger partial charge in [-0.05, 0) is 45.4 Å². The second-order valence-corrected chi connectivity index (χ2v) is 5.95. The molecule has 0 radical (unpaired) electrons. The molecule has 0 aliphatic carbocycles. The third-order valence-corrected chi connectivity index (χ3v) is 4.00. The molecule has 1 aliphatic heterocycles. The van der Waals surface area contributed by atoms with E-state index < -0.39 is 0 Å². The molecule has 1 N–H and O–H groups in total. The molecule has 1 aliphatic rings. The van der Waals surface area contributed by atoms with Gasteiger partial charge in [0, 0.05) is 35.4 Å². The second-order valence-electron chi connectivity index (χ2n) is 5.55. The number of rotatable bonds is 1. The largest absolute Gasteiger partial charge is 0.361 e. The highest BCUT2D eigenvalue weighted by molar-refractivity contribution is 6.31. The SMILES string of the molecule is Cc1c(Cl)cccc1N1C(C)CNCC1(C)C. The molecule has 0 spiro atoms. The lowest BCUT2D eigenvalue weighted by Gasteiger charge is -2.49. The maximum absolute atomic E-state index is 6.23. The van der Waals surface area contributed by atoms with Gasteiger partial charge in [0.1, 0.15) is 0 Å². The molecule has 1 unspecified atom stereocenters. The van der Waals surface area contributed by atoms with Crippen LogP contribution in [-0.2, 0) is 0 Å². The number of nitrogens with one attached hydrogen (secondary N) is 1. The van der Waals surface area contributed by atoms with Gasteiger partial charge in [-0.1, -0.05) is 17.7 Å². The fourth-order valence-corrected chi connectivity index (χ4v) is 2.95. The highest BCUT2D eigenvalue weighted by Gasteiger charge is 2.34. The van der Waals surface area contributed by atoms with Crippen molar-refractivity contribution in [1.29, 1.82) is 0 Å². The van der Waals surface area contributed by atoms with Crippen LogP contribution < -0.4 is 10.2 Å². The molecule has 2 rings (SSSR count). The minimum absolute atomic E-state index is 0.118. The van der Waals surface area contributed by atoms with E-state index >= 15 is 0 Å². The Balaban J connectivity index is 2.46. The molecule has 0 bridgehead atoms. The molecule has 94 valence electrons. The Kier molecular flexibility index (Phi) is 3.37. The lowest BCUT2D eigenvalue weighted by atomic mass is 9.94. The van der Waals surface area contributed by atoms with Crippen LogP contribution >= 0.6 is 11.6 Å². The van der Waals surface area contributed by atoms with Crippen molar-refractivity contribution in [1.82, 2.24) is 5.32 Å². The number of piperazine rings is 1. The summed E-state index contributed by atoms with van der Waals surface area (Å²) in [5.41, 5.74) is 2.56. The van der Waals surface area contributed by atoms with Gasteiger partial charge in [-0.2, -0.15) is 0 Å². The van der Waals surface area contributed by atoms with Crippen molar-refractivity contribution in [3.63, 3.8) is 0 Å². The molecule has 1 aromatic rings. The van der Waals surface area contributed by atoms with Gasteiger partial charge >= 0.3 is 0 Å². The van der Waals surface area contributed by atoms with E-state index in [1.54, 1.807) is 0 Å². The molecule has 3 heteroatoms. The highest BCUT2D eigenvalue weighted by atomic mass is 35.5. The quantitative estimate of drug-likeness (QED) is 0.826. The number of hydrogen-bond donors (Lipinski definition) is 1. The van der Waals surface area contributed by atoms with Gasteiger partial charge in [0.25, 0.3) is 0 Å². The maximum Gasteiger partial charge on any atom is 0.0473 e. The van der Waals surface area contributed by atoms with Crippen LogP contribution in [0.25, 0.3) is 0 Å². The summed E-state index contributed by atoms with van der Waals surface area (Å²) in [4.78, 5) is 2.49. The van der Waals surface area contributed by atoms with Crippen molar-refractivity contribution in [3.05, 3.63) is 28.8 Å². The average Bonchev–Trinajstić information content (AvgIpc) is 2.23. The van der Waals surface area contributed by atoms with E-state index in [0.717, 1.165) is 18.1 Å². The highest BCUT2D eigenvalue weighted by Crippen LogP contribution is 2.34. The van der Waals surface area contributed by atoms with Crippen LogP contribution in [0.4, 0.5) is 5.69 Å². The van der Waals surface area contributed by atoms with Crippen molar-refractivity contribution in [2.45, 2.75) is 39.3 Å². The lowest BCUT2D eigenvalue weighted by Crippen LogP contribution is -2.62. The molecule has 1 heterocycles. The van der Waals surface area contributed by atoms with Crippen LogP contribution in [0.2, 0.25) is 5.02 Å². The molecule has 0 aromatic heterocycles. The number of anilines is 1. The van der Waals surface area contributed by atoms with Gasteiger partial charge in [0.2, 0.25) is 0 Å². The molecule has 1 saturated heterocycles. The normalized spacial score (nSPS) is 23.8. The standard InChI is InChI=1S/C14H21ClN2/c1-10-8-16-9-14(3,4)17(10)13-7-5-6-12(15)11(13)2/h5-7,10,16H,8-9H2,1-4H3. The zero-order valence-corrected chi connectivity index (χ0v) is 11.8. The Morgan fingerprint density at radius 1 is 1.41 bits per heavy atom. The third-order valence-electron chi connectivity index (χ3n) is 3.59. The first-order chi connectivity index (χ1) is 7.93. The van der Waals surface area contributed by atoms with Crippen molar-refractivity contribution in [2.24, 2.45) is 0 Å². The molecule has 17 heavy (non-hydrogen) atoms. The molecule has 1 fully saturated rings. The fourth-order valence-electron chi connectivity index (χ4n) is 2.78. The first-order valence-electron chi connectivity index (χ1n) is 6.18. The summed E-state index contributed by atoms with van der Waals surface area (Å²) in [6.07, 6.45) is 0. The molecule has 1 aromatic carbocycles. The number of halogens is 1. The summed E-state index contributed by atoms with van der Waals surface area (Å²) >= 11 is 6.23. The smallest absolute Gasteiger partial charge is 0.0473 e. The van der Waals surface area contributed by atoms with E-state index in [1.807, 2.05) is 12.1 Å². The first kappa shape index (κ1) is 12.7. The Bertz CT molecular complexity index is 415. The lowest BCUT2D eigenvalue weighted by molar-refractivity contribution is 0.333. The van der Waals surface area contributed by atoms with Gasteiger partial charge in [0.05, 0.1) is 0 Å². The van der Waals surface area contributed by atoms with Crippen LogP contribution in [0.15, 0.2) is 18.2 Å². The van der Waals surface area contributed by atoms with E-state index in [-0.39, 0.29) is 5.54 Å². The van der Waals surface area contributed by atoms with E-state index in [9.17, 15) is 0 Å². The van der Waals surface area contributed by atoms with E-state index in [2.05, 4.69) is 44.0 Å². The number of benzene rings is 1. The monoisotopic (exact) mass is 252 g/mol. The first-order valence-corrected chi connectivity index (χ1v) is 6.56. The zero-order chi connectivity index (χ0) is 12.6. The van der Waals surface area contributed by atoms with Crippen LogP contribution in [0.3, 0.4) is 0 Å². The van der Waals surface area contributed by atoms with Crippen LogP contribution in [-0.4, -0.2) is 24.7 Å². The van der Waals surface area contributed by atoms with Crippen LogP contribution in [0.5, 0.6) is 0 Å². The van der Waals surface area contributed by atoms with Gasteiger partial charge in [-0.15, -0.1) is 0 Å². The summed E-state index contributed by atoms with van der Waals surface area (Å²) in [7, 11) is 0. The van der Waals surface area contributed by atoms with Crippen LogP contribution in [0.1, 0.15) is 26.3 Å². The van der Waals surface area contributed by atoms with E-state index in [4.69, 9.17) is 11.6 Å². The van der Waals surface area contributed by atoms with Crippen molar-refractivity contribution < 1.29 is 0 Å². The van der Waals surface area contributed by atoms with E-state index in [1.165, 1.54) is 11.3 Å². The number of nitrogens with zero attached hydrogens (tertiary/aromatic N) is 1. The minimum atomic E-state index is 0.118. The zero-order valence-electron chi connectivity index (χ0n) is 11.0. The summed E-state index contributed by atoms with van der Waals surface area (Å²) < 4.78 is 0. The van der Waals surface area contributed by atoms with Crippen molar-refractivity contribution >= 4 is 17.3 Å². The summed E-state index contributed by atoms with van der Waals surface area (Å²) in [5.74, 6) is 0. The minimum Gasteiger partial charge on any atom is -0.361 e. The Morgan fingerprint density at radius 3 is 2.76 bits per heavy atom. The molecule has 1 atom stereocenters.